The molecule has 0 saturated carbocycles. The zero-order valence-corrected chi connectivity index (χ0v) is 13.4. The van der Waals surface area contributed by atoms with Gasteiger partial charge in [0.05, 0.1) is 0 Å². The Morgan fingerprint density at radius 2 is 1.55 bits per heavy atom. The summed E-state index contributed by atoms with van der Waals surface area (Å²) in [6.07, 6.45) is 8.11. The van der Waals surface area contributed by atoms with E-state index in [9.17, 15) is 8.42 Å². The van der Waals surface area contributed by atoms with Gasteiger partial charge in [0, 0.05) is 31.7 Å². The minimum atomic E-state index is -3.33. The fourth-order valence-electron chi connectivity index (χ4n) is 3.55. The van der Waals surface area contributed by atoms with Crippen molar-refractivity contribution in [3.63, 3.8) is 0 Å². The Balaban J connectivity index is 2.18. The van der Waals surface area contributed by atoms with Gasteiger partial charge in [0.1, 0.15) is 0 Å². The summed E-state index contributed by atoms with van der Waals surface area (Å²) in [5, 5.41) is 0. The van der Waals surface area contributed by atoms with Crippen LogP contribution in [0.2, 0.25) is 0 Å². The first-order valence-corrected chi connectivity index (χ1v) is 9.49. The SMILES string of the molecule is CCCC1CCCCN1S(=O)(=O)N1CCCCC1CN. The van der Waals surface area contributed by atoms with Gasteiger partial charge in [-0.05, 0) is 32.1 Å². The predicted molar refractivity (Wildman–Crippen MR) is 81.6 cm³/mol. The highest BCUT2D eigenvalue weighted by Gasteiger charge is 2.39. The van der Waals surface area contributed by atoms with Gasteiger partial charge in [0.25, 0.3) is 10.2 Å². The highest BCUT2D eigenvalue weighted by atomic mass is 32.2. The van der Waals surface area contributed by atoms with Crippen molar-refractivity contribution in [2.75, 3.05) is 19.6 Å². The Bertz CT molecular complexity index is 397. The molecule has 0 radical (unpaired) electrons. The molecule has 20 heavy (non-hydrogen) atoms. The maximum Gasteiger partial charge on any atom is 0.282 e. The van der Waals surface area contributed by atoms with Crippen molar-refractivity contribution in [3.05, 3.63) is 0 Å². The second-order valence-corrected chi connectivity index (χ2v) is 7.89. The van der Waals surface area contributed by atoms with Crippen molar-refractivity contribution in [2.45, 2.75) is 70.4 Å². The summed E-state index contributed by atoms with van der Waals surface area (Å²) in [4.78, 5) is 0. The number of piperidine rings is 2. The van der Waals surface area contributed by atoms with E-state index in [0.29, 0.717) is 19.6 Å². The lowest BCUT2D eigenvalue weighted by Gasteiger charge is -2.42. The molecule has 2 fully saturated rings. The van der Waals surface area contributed by atoms with E-state index < -0.39 is 10.2 Å². The first-order chi connectivity index (χ1) is 9.61. The normalized spacial score (nSPS) is 30.5. The molecule has 6 heteroatoms. The second-order valence-electron chi connectivity index (χ2n) is 6.05. The number of hydrogen-bond donors (Lipinski definition) is 1. The lowest BCUT2D eigenvalue weighted by atomic mass is 10.0. The summed E-state index contributed by atoms with van der Waals surface area (Å²) in [6, 6.07) is 0.192. The molecule has 0 spiro atoms. The minimum absolute atomic E-state index is 0.00190. The molecule has 2 unspecified atom stereocenters. The molecule has 2 saturated heterocycles. The van der Waals surface area contributed by atoms with Crippen LogP contribution in [0.25, 0.3) is 0 Å². The van der Waals surface area contributed by atoms with E-state index in [2.05, 4.69) is 6.92 Å². The molecule has 0 aromatic rings. The zero-order valence-electron chi connectivity index (χ0n) is 12.6. The molecule has 118 valence electrons. The fourth-order valence-corrected chi connectivity index (χ4v) is 5.69. The first-order valence-electron chi connectivity index (χ1n) is 8.10. The summed E-state index contributed by atoms with van der Waals surface area (Å²) in [5.74, 6) is 0. The van der Waals surface area contributed by atoms with Gasteiger partial charge in [0.15, 0.2) is 0 Å². The summed E-state index contributed by atoms with van der Waals surface area (Å²) in [6.45, 7) is 3.88. The molecule has 2 heterocycles. The number of nitrogens with zero attached hydrogens (tertiary/aromatic N) is 2. The van der Waals surface area contributed by atoms with Crippen LogP contribution < -0.4 is 5.73 Å². The zero-order chi connectivity index (χ0) is 14.6. The van der Waals surface area contributed by atoms with Gasteiger partial charge in [-0.3, -0.25) is 0 Å². The van der Waals surface area contributed by atoms with Crippen LogP contribution >= 0.6 is 0 Å². The van der Waals surface area contributed by atoms with Crippen LogP contribution in [0.5, 0.6) is 0 Å². The minimum Gasteiger partial charge on any atom is -0.329 e. The largest absolute Gasteiger partial charge is 0.329 e. The quantitative estimate of drug-likeness (QED) is 0.840. The molecule has 2 aliphatic rings. The van der Waals surface area contributed by atoms with Crippen LogP contribution in [-0.4, -0.2) is 48.7 Å². The smallest absolute Gasteiger partial charge is 0.282 e. The van der Waals surface area contributed by atoms with Crippen LogP contribution in [0.15, 0.2) is 0 Å². The van der Waals surface area contributed by atoms with Gasteiger partial charge < -0.3 is 5.73 Å². The van der Waals surface area contributed by atoms with Crippen molar-refractivity contribution in [3.8, 4) is 0 Å². The summed E-state index contributed by atoms with van der Waals surface area (Å²) in [5.41, 5.74) is 5.79. The van der Waals surface area contributed by atoms with Gasteiger partial charge in [0.2, 0.25) is 0 Å². The molecule has 5 nitrogen and oxygen atoms in total. The highest BCUT2D eigenvalue weighted by molar-refractivity contribution is 7.86. The van der Waals surface area contributed by atoms with Gasteiger partial charge in [-0.25, -0.2) is 0 Å². The van der Waals surface area contributed by atoms with Crippen molar-refractivity contribution >= 4 is 10.2 Å². The average molecular weight is 303 g/mol. The number of nitrogens with two attached hydrogens (primary N) is 1. The molecule has 2 rings (SSSR count). The number of rotatable bonds is 5. The van der Waals surface area contributed by atoms with Crippen molar-refractivity contribution in [1.29, 1.82) is 0 Å². The van der Waals surface area contributed by atoms with E-state index in [1.54, 1.807) is 8.61 Å². The van der Waals surface area contributed by atoms with Gasteiger partial charge in [-0.15, -0.1) is 0 Å². The molecule has 0 aromatic heterocycles. The first kappa shape index (κ1) is 16.2. The van der Waals surface area contributed by atoms with Crippen LogP contribution in [-0.2, 0) is 10.2 Å². The highest BCUT2D eigenvalue weighted by Crippen LogP contribution is 2.29. The van der Waals surface area contributed by atoms with Crippen LogP contribution in [0.3, 0.4) is 0 Å². The third kappa shape index (κ3) is 3.35. The van der Waals surface area contributed by atoms with E-state index in [1.807, 2.05) is 0 Å². The van der Waals surface area contributed by atoms with Crippen LogP contribution in [0, 0.1) is 0 Å². The molecule has 2 N–H and O–H groups in total. The Hall–Kier alpha value is -0.170. The molecule has 2 atom stereocenters. The van der Waals surface area contributed by atoms with Gasteiger partial charge in [-0.1, -0.05) is 26.2 Å². The van der Waals surface area contributed by atoms with Gasteiger partial charge in [-0.2, -0.15) is 17.0 Å². The third-order valence-corrected chi connectivity index (χ3v) is 6.78. The molecule has 2 aliphatic heterocycles. The van der Waals surface area contributed by atoms with E-state index >= 15 is 0 Å². The third-order valence-electron chi connectivity index (χ3n) is 4.63. The summed E-state index contributed by atoms with van der Waals surface area (Å²) in [7, 11) is -3.33. The Labute approximate surface area is 123 Å². The topological polar surface area (TPSA) is 66.6 Å². The summed E-state index contributed by atoms with van der Waals surface area (Å²) >= 11 is 0. The molecular weight excluding hydrogens is 274 g/mol. The predicted octanol–water partition coefficient (Wildman–Crippen LogP) is 1.70. The van der Waals surface area contributed by atoms with E-state index in [0.717, 1.165) is 51.4 Å². The van der Waals surface area contributed by atoms with E-state index in [4.69, 9.17) is 5.73 Å². The second kappa shape index (κ2) is 7.20. The molecule has 0 amide bonds. The Morgan fingerprint density at radius 1 is 1.00 bits per heavy atom. The van der Waals surface area contributed by atoms with Crippen LogP contribution in [0.1, 0.15) is 58.3 Å². The maximum atomic E-state index is 13.0. The standard InChI is InChI=1S/C14H29N3O2S/c1-2-7-13-8-3-5-10-16(13)20(18,19)17-11-6-4-9-14(17)12-15/h13-14H,2-12,15H2,1H3. The molecule has 0 aliphatic carbocycles. The molecular formula is C14H29N3O2S. The fraction of sp³-hybridized carbons (Fsp3) is 1.00. The van der Waals surface area contributed by atoms with E-state index in [1.165, 1.54) is 0 Å². The summed E-state index contributed by atoms with van der Waals surface area (Å²) < 4.78 is 29.4. The monoisotopic (exact) mass is 303 g/mol. The number of hydrogen-bond acceptors (Lipinski definition) is 3. The lowest BCUT2D eigenvalue weighted by Crippen LogP contribution is -2.56. The molecule has 0 bridgehead atoms. The maximum absolute atomic E-state index is 13.0. The molecule has 0 aromatic carbocycles. The van der Waals surface area contributed by atoms with Crippen LogP contribution in [0.4, 0.5) is 0 Å². The van der Waals surface area contributed by atoms with Crippen molar-refractivity contribution in [1.82, 2.24) is 8.61 Å². The van der Waals surface area contributed by atoms with E-state index in [-0.39, 0.29) is 12.1 Å². The van der Waals surface area contributed by atoms with Gasteiger partial charge >= 0.3 is 0 Å². The lowest BCUT2D eigenvalue weighted by molar-refractivity contribution is 0.192. The Kier molecular flexibility index (Phi) is 5.84. The average Bonchev–Trinajstić information content (AvgIpc) is 2.48. The Morgan fingerprint density at radius 3 is 2.10 bits per heavy atom. The van der Waals surface area contributed by atoms with Crippen molar-refractivity contribution in [2.24, 2.45) is 5.73 Å². The van der Waals surface area contributed by atoms with Crippen molar-refractivity contribution < 1.29 is 8.42 Å².